The first-order chi connectivity index (χ1) is 30.2. The van der Waals surface area contributed by atoms with Crippen molar-refractivity contribution in [3.8, 4) is 0 Å². The number of likely N-dealkylation sites (tertiary alicyclic amines) is 1. The topological polar surface area (TPSA) is 88.2 Å². The van der Waals surface area contributed by atoms with Crippen LogP contribution < -0.4 is 15.5 Å². The molecule has 0 saturated carbocycles. The molecule has 2 N–H and O–H groups in total. The molecule has 5 heterocycles. The van der Waals surface area contributed by atoms with Crippen molar-refractivity contribution in [1.82, 2.24) is 20.0 Å². The summed E-state index contributed by atoms with van der Waals surface area (Å²) in [7, 11) is 1.80. The summed E-state index contributed by atoms with van der Waals surface area (Å²) in [6.07, 6.45) is 6.61. The predicted octanol–water partition coefficient (Wildman–Crippen LogP) is 8.77. The summed E-state index contributed by atoms with van der Waals surface area (Å²) >= 11 is 0. The number of hydrogen-bond acceptors (Lipinski definition) is 7. The molecule has 3 fully saturated rings. The second-order valence-corrected chi connectivity index (χ2v) is 18.2. The molecule has 63 heavy (non-hydrogen) atoms. The van der Waals surface area contributed by atoms with Gasteiger partial charge in [-0.1, -0.05) is 45.6 Å². The third-order valence-electron chi connectivity index (χ3n) is 14.2. The molecule has 0 aromatic heterocycles. The van der Waals surface area contributed by atoms with E-state index >= 15 is 8.78 Å². The molecule has 8 rings (SSSR count). The molecule has 0 bridgehead atoms. The van der Waals surface area contributed by atoms with E-state index in [0.29, 0.717) is 42.1 Å². The fourth-order valence-electron chi connectivity index (χ4n) is 10.6. The first kappa shape index (κ1) is 46.2. The molecular formula is C50H64F4N6O3. The fourth-order valence-corrected chi connectivity index (χ4v) is 10.6. The SMILES string of the molecule is C=Cc1c(NC)ccc2c1C[C@@H](C)N(CC(F)F)C2c1c(F)cc(N2CCC(CN3CCC(C)CC3)CC2)cc1F.CCc1cc2c(cc1CC)C(=O)N(C1CCC(=O)NC1=O)C2. The smallest absolute Gasteiger partial charge is 0.255 e. The first-order valence-corrected chi connectivity index (χ1v) is 23.0. The Kier molecular flexibility index (Phi) is 14.7. The summed E-state index contributed by atoms with van der Waals surface area (Å²) in [4.78, 5) is 43.7. The Labute approximate surface area is 370 Å². The first-order valence-electron chi connectivity index (χ1n) is 23.0. The van der Waals surface area contributed by atoms with E-state index in [1.807, 2.05) is 25.1 Å². The van der Waals surface area contributed by atoms with E-state index < -0.39 is 36.7 Å². The van der Waals surface area contributed by atoms with Crippen LogP contribution in [-0.2, 0) is 35.4 Å². The fraction of sp³-hybridized carbons (Fsp3) is 0.540. The van der Waals surface area contributed by atoms with Gasteiger partial charge in [-0.25, -0.2) is 17.6 Å². The minimum atomic E-state index is -2.63. The second kappa shape index (κ2) is 20.0. The zero-order valence-electron chi connectivity index (χ0n) is 37.6. The molecule has 3 amide bonds. The highest BCUT2D eigenvalue weighted by atomic mass is 19.3. The van der Waals surface area contributed by atoms with Crippen LogP contribution in [0.5, 0.6) is 0 Å². The number of rotatable bonds is 11. The van der Waals surface area contributed by atoms with Crippen molar-refractivity contribution in [2.75, 3.05) is 56.5 Å². The third kappa shape index (κ3) is 9.84. The second-order valence-electron chi connectivity index (χ2n) is 18.2. The van der Waals surface area contributed by atoms with Gasteiger partial charge in [0.25, 0.3) is 12.3 Å². The number of aryl methyl sites for hydroxylation is 2. The summed E-state index contributed by atoms with van der Waals surface area (Å²) in [5.74, 6) is -0.683. The average Bonchev–Trinajstić information content (AvgIpc) is 3.58. The van der Waals surface area contributed by atoms with Crippen LogP contribution in [0.4, 0.5) is 28.9 Å². The van der Waals surface area contributed by atoms with Crippen LogP contribution in [0.15, 0.2) is 43.0 Å². The molecule has 0 radical (unpaired) electrons. The van der Waals surface area contributed by atoms with Crippen molar-refractivity contribution in [1.29, 1.82) is 0 Å². The summed E-state index contributed by atoms with van der Waals surface area (Å²) in [6.45, 7) is 17.1. The predicted molar refractivity (Wildman–Crippen MR) is 241 cm³/mol. The number of nitrogens with one attached hydrogen (secondary N) is 2. The molecule has 3 aromatic rings. The van der Waals surface area contributed by atoms with E-state index in [0.717, 1.165) is 86.7 Å². The molecule has 0 aliphatic carbocycles. The maximum atomic E-state index is 16.0. The van der Waals surface area contributed by atoms with E-state index in [2.05, 4.69) is 53.8 Å². The van der Waals surface area contributed by atoms with Gasteiger partial charge in [0.2, 0.25) is 11.8 Å². The van der Waals surface area contributed by atoms with Crippen LogP contribution in [0, 0.1) is 23.5 Å². The van der Waals surface area contributed by atoms with Gasteiger partial charge in [0.15, 0.2) is 0 Å². The van der Waals surface area contributed by atoms with Crippen LogP contribution in [-0.4, -0.2) is 97.2 Å². The van der Waals surface area contributed by atoms with Gasteiger partial charge in [0.05, 0.1) is 12.6 Å². The zero-order chi connectivity index (χ0) is 45.1. The molecule has 0 spiro atoms. The number of hydrogen-bond donors (Lipinski definition) is 2. The molecule has 5 aliphatic heterocycles. The number of nitrogens with zero attached hydrogens (tertiary/aromatic N) is 4. The Hall–Kier alpha value is -4.75. The summed E-state index contributed by atoms with van der Waals surface area (Å²) < 4.78 is 59.5. The van der Waals surface area contributed by atoms with Gasteiger partial charge in [-0.15, -0.1) is 0 Å². The number of carbonyl (C=O) groups is 3. The number of benzene rings is 3. The van der Waals surface area contributed by atoms with Crippen molar-refractivity contribution in [3.63, 3.8) is 0 Å². The number of carbonyl (C=O) groups excluding carboxylic acids is 3. The van der Waals surface area contributed by atoms with Crippen LogP contribution >= 0.6 is 0 Å². The van der Waals surface area contributed by atoms with Gasteiger partial charge in [0, 0.05) is 73.8 Å². The highest BCUT2D eigenvalue weighted by Crippen LogP contribution is 2.44. The largest absolute Gasteiger partial charge is 0.388 e. The van der Waals surface area contributed by atoms with Gasteiger partial charge in [-0.3, -0.25) is 24.6 Å². The number of alkyl halides is 2. The summed E-state index contributed by atoms with van der Waals surface area (Å²) in [5.41, 5.74) is 7.75. The van der Waals surface area contributed by atoms with Gasteiger partial charge in [-0.05, 0) is 135 Å². The van der Waals surface area contributed by atoms with Gasteiger partial charge in [-0.2, -0.15) is 0 Å². The van der Waals surface area contributed by atoms with E-state index in [9.17, 15) is 23.2 Å². The Morgan fingerprint density at radius 3 is 2.17 bits per heavy atom. The van der Waals surface area contributed by atoms with E-state index in [1.165, 1.54) is 36.1 Å². The van der Waals surface area contributed by atoms with Crippen LogP contribution in [0.1, 0.15) is 122 Å². The van der Waals surface area contributed by atoms with Crippen LogP contribution in [0.3, 0.4) is 0 Å². The van der Waals surface area contributed by atoms with Crippen molar-refractivity contribution < 1.29 is 31.9 Å². The van der Waals surface area contributed by atoms with Crippen molar-refractivity contribution in [3.05, 3.63) is 99.1 Å². The van der Waals surface area contributed by atoms with E-state index in [1.54, 1.807) is 22.9 Å². The van der Waals surface area contributed by atoms with Crippen molar-refractivity contribution >= 4 is 35.2 Å². The number of fused-ring (bicyclic) bond motifs is 2. The molecule has 9 nitrogen and oxygen atoms in total. The summed E-state index contributed by atoms with van der Waals surface area (Å²) in [6, 6.07) is 8.68. The standard InChI is InChI=1S/C33H44F4N4.C17H20N2O3/c1-5-25-27-16-22(3)41(20-31(36)37)33(26(27)6-7-30(25)38-4)32-28(34)17-24(18-29(32)35)40-14-10-23(11-15-40)19-39-12-8-21(2)9-13-39;1-3-10-7-12-9-19(14-5-6-15(20)18-16(14)21)17(22)13(12)8-11(10)4-2/h5-7,17-18,21-23,31,33,38H,1,8-16,19-20H2,2-4H3;7-8,14H,3-6,9H2,1-2H3,(H,18,20,21)/t22-,33?;/m1./s1. The van der Waals surface area contributed by atoms with Gasteiger partial charge in [0.1, 0.15) is 17.7 Å². The number of imide groups is 1. The maximum absolute atomic E-state index is 16.0. The maximum Gasteiger partial charge on any atom is 0.255 e. The minimum Gasteiger partial charge on any atom is -0.388 e. The lowest BCUT2D eigenvalue weighted by molar-refractivity contribution is -0.136. The van der Waals surface area contributed by atoms with Gasteiger partial charge >= 0.3 is 0 Å². The number of amides is 3. The molecule has 340 valence electrons. The Balaban J connectivity index is 0.000000227. The Morgan fingerprint density at radius 2 is 1.57 bits per heavy atom. The molecule has 2 unspecified atom stereocenters. The lowest BCUT2D eigenvalue weighted by atomic mass is 9.81. The quantitative estimate of drug-likeness (QED) is 0.147. The van der Waals surface area contributed by atoms with E-state index in [4.69, 9.17) is 0 Å². The highest BCUT2D eigenvalue weighted by Gasteiger charge is 2.41. The normalized spacial score (nSPS) is 22.4. The zero-order valence-corrected chi connectivity index (χ0v) is 37.6. The van der Waals surface area contributed by atoms with Crippen LogP contribution in [0.2, 0.25) is 0 Å². The summed E-state index contributed by atoms with van der Waals surface area (Å²) in [5, 5.41) is 5.47. The number of halogens is 4. The third-order valence-corrected chi connectivity index (χ3v) is 14.2. The number of piperidine rings is 3. The molecule has 3 aromatic carbocycles. The Bertz CT molecular complexity index is 2160. The van der Waals surface area contributed by atoms with Crippen molar-refractivity contribution in [2.24, 2.45) is 11.8 Å². The monoisotopic (exact) mass is 872 g/mol. The minimum absolute atomic E-state index is 0.0955. The molecular weight excluding hydrogens is 809 g/mol. The molecule has 13 heteroatoms. The molecule has 5 aliphatic rings. The van der Waals surface area contributed by atoms with E-state index in [-0.39, 0.29) is 35.7 Å². The lowest BCUT2D eigenvalue weighted by Gasteiger charge is -2.43. The molecule has 3 atom stereocenters. The Morgan fingerprint density at radius 1 is 0.905 bits per heavy atom. The average molecular weight is 873 g/mol. The van der Waals surface area contributed by atoms with Crippen molar-refractivity contribution in [2.45, 2.75) is 117 Å². The van der Waals surface area contributed by atoms with Gasteiger partial charge < -0.3 is 20.0 Å². The number of anilines is 2. The lowest BCUT2D eigenvalue weighted by Crippen LogP contribution is -2.52. The van der Waals surface area contributed by atoms with Crippen LogP contribution in [0.25, 0.3) is 6.08 Å². The molecule has 3 saturated heterocycles. The highest BCUT2D eigenvalue weighted by molar-refractivity contribution is 6.05.